The molecule has 4 aromatic carbocycles. The lowest BCUT2D eigenvalue weighted by Crippen LogP contribution is -2.54. The maximum atomic E-state index is 14.6. The summed E-state index contributed by atoms with van der Waals surface area (Å²) < 4.78 is 29.5. The Morgan fingerprint density at radius 1 is 0.778 bits per heavy atom. The molecule has 0 spiro atoms. The number of hydrogen-bond acceptors (Lipinski definition) is 4. The molecule has 0 saturated heterocycles. The zero-order chi connectivity index (χ0) is 32.6. The quantitative estimate of drug-likeness (QED) is 0.187. The Labute approximate surface area is 268 Å². The average molecular weight is 626 g/mol. The van der Waals surface area contributed by atoms with Crippen LogP contribution in [-0.2, 0) is 32.6 Å². The van der Waals surface area contributed by atoms with Gasteiger partial charge in [0, 0.05) is 19.0 Å². The number of sulfonamides is 1. The van der Waals surface area contributed by atoms with Crippen LogP contribution in [0.3, 0.4) is 0 Å². The highest BCUT2D eigenvalue weighted by molar-refractivity contribution is 7.92. The Morgan fingerprint density at radius 3 is 2.02 bits per heavy atom. The van der Waals surface area contributed by atoms with Gasteiger partial charge in [0.05, 0.1) is 10.6 Å². The van der Waals surface area contributed by atoms with E-state index in [0.717, 1.165) is 34.2 Å². The average Bonchev–Trinajstić information content (AvgIpc) is 3.02. The van der Waals surface area contributed by atoms with Gasteiger partial charge in [0.1, 0.15) is 12.6 Å². The normalized spacial score (nSPS) is 12.6. The van der Waals surface area contributed by atoms with Gasteiger partial charge < -0.3 is 10.2 Å². The van der Waals surface area contributed by atoms with E-state index in [1.165, 1.54) is 21.3 Å². The molecule has 236 valence electrons. The van der Waals surface area contributed by atoms with E-state index in [1.807, 2.05) is 101 Å². The number of rotatable bonds is 13. The molecule has 4 rings (SSSR count). The lowest BCUT2D eigenvalue weighted by Gasteiger charge is -2.34. The van der Waals surface area contributed by atoms with Crippen molar-refractivity contribution < 1.29 is 18.0 Å². The van der Waals surface area contributed by atoms with Crippen LogP contribution in [-0.4, -0.2) is 43.8 Å². The smallest absolute Gasteiger partial charge is 0.264 e. The number of nitrogens with zero attached hydrogens (tertiary/aromatic N) is 2. The molecule has 7 nitrogen and oxygen atoms in total. The zero-order valence-electron chi connectivity index (χ0n) is 26.7. The first-order valence-electron chi connectivity index (χ1n) is 15.3. The minimum absolute atomic E-state index is 0.0818. The molecule has 0 heterocycles. The minimum Gasteiger partial charge on any atom is -0.352 e. The summed E-state index contributed by atoms with van der Waals surface area (Å²) in [6.45, 7) is 9.32. The van der Waals surface area contributed by atoms with Crippen molar-refractivity contribution in [3.8, 4) is 0 Å². The van der Waals surface area contributed by atoms with Gasteiger partial charge in [-0.25, -0.2) is 8.42 Å². The third-order valence-electron chi connectivity index (χ3n) is 7.94. The van der Waals surface area contributed by atoms with Crippen molar-refractivity contribution in [3.05, 3.63) is 131 Å². The van der Waals surface area contributed by atoms with Gasteiger partial charge in [-0.15, -0.1) is 0 Å². The molecule has 1 N–H and O–H groups in total. The van der Waals surface area contributed by atoms with E-state index in [2.05, 4.69) is 5.32 Å². The monoisotopic (exact) mass is 625 g/mol. The number of amides is 2. The van der Waals surface area contributed by atoms with E-state index in [0.29, 0.717) is 5.69 Å². The van der Waals surface area contributed by atoms with Gasteiger partial charge in [-0.2, -0.15) is 0 Å². The summed E-state index contributed by atoms with van der Waals surface area (Å²) in [6.07, 6.45) is 1.00. The van der Waals surface area contributed by atoms with Gasteiger partial charge in [0.25, 0.3) is 10.0 Å². The summed E-state index contributed by atoms with van der Waals surface area (Å²) in [5.41, 5.74) is 4.88. The number of benzene rings is 4. The van der Waals surface area contributed by atoms with Crippen LogP contribution in [0.1, 0.15) is 48.1 Å². The summed E-state index contributed by atoms with van der Waals surface area (Å²) in [5.74, 6) is -0.755. The van der Waals surface area contributed by atoms with Crippen LogP contribution in [0.4, 0.5) is 5.69 Å². The standard InChI is InChI=1S/C37H43N3O4S/c1-6-30(5)38-37(42)35(24-31-15-9-7-10-16-31)39(25-32-17-13-14-27(2)23-32)36(41)26-40(34-21-20-28(3)22-29(34)4)45(43,44)33-18-11-8-12-19-33/h7-23,30,35H,6,24-26H2,1-5H3,(H,38,42). The molecular weight excluding hydrogens is 582 g/mol. The third kappa shape index (κ3) is 8.60. The van der Waals surface area contributed by atoms with Crippen molar-refractivity contribution in [2.45, 2.75) is 71.0 Å². The van der Waals surface area contributed by atoms with E-state index in [-0.39, 0.29) is 29.8 Å². The van der Waals surface area contributed by atoms with Gasteiger partial charge in [-0.1, -0.05) is 103 Å². The highest BCUT2D eigenvalue weighted by Gasteiger charge is 2.35. The second kappa shape index (κ2) is 15.0. The molecule has 0 aromatic heterocycles. The molecule has 8 heteroatoms. The maximum Gasteiger partial charge on any atom is 0.264 e. The number of carbonyl (C=O) groups excluding carboxylic acids is 2. The lowest BCUT2D eigenvalue weighted by molar-refractivity contribution is -0.140. The molecular formula is C37H43N3O4S. The second-order valence-electron chi connectivity index (χ2n) is 11.6. The van der Waals surface area contributed by atoms with E-state index in [4.69, 9.17) is 0 Å². The van der Waals surface area contributed by atoms with E-state index < -0.39 is 28.5 Å². The molecule has 0 aliphatic rings. The Morgan fingerprint density at radius 2 is 1.40 bits per heavy atom. The molecule has 0 fully saturated rings. The van der Waals surface area contributed by atoms with Crippen molar-refractivity contribution in [1.82, 2.24) is 10.2 Å². The Balaban J connectivity index is 1.83. The number of anilines is 1. The second-order valence-corrected chi connectivity index (χ2v) is 13.5. The molecule has 0 saturated carbocycles. The van der Waals surface area contributed by atoms with Gasteiger partial charge in [-0.05, 0) is 69.0 Å². The molecule has 4 aromatic rings. The van der Waals surface area contributed by atoms with Crippen LogP contribution in [0.15, 0.2) is 108 Å². The van der Waals surface area contributed by atoms with Crippen LogP contribution in [0.2, 0.25) is 0 Å². The highest BCUT2D eigenvalue weighted by atomic mass is 32.2. The molecule has 2 atom stereocenters. The first-order chi connectivity index (χ1) is 21.5. The summed E-state index contributed by atoms with van der Waals surface area (Å²) >= 11 is 0. The fourth-order valence-corrected chi connectivity index (χ4v) is 6.82. The SMILES string of the molecule is CCC(C)NC(=O)C(Cc1ccccc1)N(Cc1cccc(C)c1)C(=O)CN(c1ccc(C)cc1C)S(=O)(=O)c1ccccc1. The molecule has 0 radical (unpaired) electrons. The van der Waals surface area contributed by atoms with Gasteiger partial charge in [0.15, 0.2) is 0 Å². The third-order valence-corrected chi connectivity index (χ3v) is 9.71. The minimum atomic E-state index is -4.14. The molecule has 0 aliphatic carbocycles. The largest absolute Gasteiger partial charge is 0.352 e. The Hall–Kier alpha value is -4.43. The van der Waals surface area contributed by atoms with E-state index in [1.54, 1.807) is 24.3 Å². The van der Waals surface area contributed by atoms with Crippen molar-refractivity contribution in [2.75, 3.05) is 10.8 Å². The predicted octanol–water partition coefficient (Wildman–Crippen LogP) is 6.36. The molecule has 2 unspecified atom stereocenters. The van der Waals surface area contributed by atoms with E-state index >= 15 is 0 Å². The Kier molecular flexibility index (Phi) is 11.2. The van der Waals surface area contributed by atoms with Crippen molar-refractivity contribution in [3.63, 3.8) is 0 Å². The number of hydrogen-bond donors (Lipinski definition) is 1. The van der Waals surface area contributed by atoms with Crippen molar-refractivity contribution in [2.24, 2.45) is 0 Å². The fourth-order valence-electron chi connectivity index (χ4n) is 5.32. The molecule has 0 aliphatic heterocycles. The van der Waals surface area contributed by atoms with E-state index in [9.17, 15) is 18.0 Å². The summed E-state index contributed by atoms with van der Waals surface area (Å²) in [7, 11) is -4.14. The fraction of sp³-hybridized carbons (Fsp3) is 0.297. The number of carbonyl (C=O) groups is 2. The van der Waals surface area contributed by atoms with Gasteiger partial charge in [-0.3, -0.25) is 13.9 Å². The topological polar surface area (TPSA) is 86.8 Å². The van der Waals surface area contributed by atoms with Crippen LogP contribution in [0.5, 0.6) is 0 Å². The van der Waals surface area contributed by atoms with Crippen LogP contribution in [0.25, 0.3) is 0 Å². The summed E-state index contributed by atoms with van der Waals surface area (Å²) in [4.78, 5) is 30.2. The van der Waals surface area contributed by atoms with Gasteiger partial charge >= 0.3 is 0 Å². The van der Waals surface area contributed by atoms with Crippen LogP contribution >= 0.6 is 0 Å². The molecule has 0 bridgehead atoms. The number of aryl methyl sites for hydroxylation is 3. The maximum absolute atomic E-state index is 14.6. The first kappa shape index (κ1) is 33.5. The van der Waals surface area contributed by atoms with Crippen LogP contribution in [0, 0.1) is 20.8 Å². The van der Waals surface area contributed by atoms with Crippen molar-refractivity contribution >= 4 is 27.5 Å². The first-order valence-corrected chi connectivity index (χ1v) is 16.8. The van der Waals surface area contributed by atoms with Crippen LogP contribution < -0.4 is 9.62 Å². The predicted molar refractivity (Wildman–Crippen MR) is 180 cm³/mol. The lowest BCUT2D eigenvalue weighted by atomic mass is 10.0. The highest BCUT2D eigenvalue weighted by Crippen LogP contribution is 2.28. The Bertz CT molecular complexity index is 1710. The number of nitrogens with one attached hydrogen (secondary N) is 1. The van der Waals surface area contributed by atoms with Crippen molar-refractivity contribution in [1.29, 1.82) is 0 Å². The summed E-state index contributed by atoms with van der Waals surface area (Å²) in [5, 5.41) is 3.07. The zero-order valence-corrected chi connectivity index (χ0v) is 27.6. The molecule has 45 heavy (non-hydrogen) atoms. The molecule has 2 amide bonds. The summed E-state index contributed by atoms with van der Waals surface area (Å²) in [6, 6.07) is 30.0. The van der Waals surface area contributed by atoms with Gasteiger partial charge in [0.2, 0.25) is 11.8 Å².